The molecule has 0 saturated heterocycles. The maximum absolute atomic E-state index is 5.75. The number of hydrogen-bond donors (Lipinski definition) is 2. The van der Waals surface area contributed by atoms with Gasteiger partial charge < -0.3 is 11.1 Å². The molecule has 0 unspecified atom stereocenters. The van der Waals surface area contributed by atoms with Gasteiger partial charge in [0.15, 0.2) is 0 Å². The Balaban J connectivity index is 3.06. The van der Waals surface area contributed by atoms with Crippen LogP contribution in [0.1, 0.15) is 13.8 Å². The van der Waals surface area contributed by atoms with Crippen molar-refractivity contribution in [2.24, 2.45) is 0 Å². The van der Waals surface area contributed by atoms with Crippen molar-refractivity contribution in [1.29, 1.82) is 0 Å². The van der Waals surface area contributed by atoms with Crippen LogP contribution in [-0.2, 0) is 0 Å². The van der Waals surface area contributed by atoms with E-state index in [9.17, 15) is 0 Å². The first kappa shape index (κ1) is 11.3. The molecule has 0 aliphatic heterocycles. The normalized spacial score (nSPS) is 10.6. The van der Waals surface area contributed by atoms with E-state index >= 15 is 0 Å². The van der Waals surface area contributed by atoms with Gasteiger partial charge in [-0.25, -0.2) is 0 Å². The van der Waals surface area contributed by atoms with E-state index in [1.807, 2.05) is 19.2 Å². The van der Waals surface area contributed by atoms with Gasteiger partial charge in [-0.2, -0.15) is 0 Å². The molecule has 3 N–H and O–H groups in total. The molecule has 1 aromatic carbocycles. The van der Waals surface area contributed by atoms with Crippen LogP contribution in [0.15, 0.2) is 18.2 Å². The van der Waals surface area contributed by atoms with Crippen molar-refractivity contribution in [2.45, 2.75) is 13.8 Å². The molecule has 1 rings (SSSR count). The van der Waals surface area contributed by atoms with Gasteiger partial charge in [0, 0.05) is 18.4 Å². The molecule has 0 aliphatic carbocycles. The van der Waals surface area contributed by atoms with Crippen LogP contribution in [0, 0.1) is 0 Å². The average Bonchev–Trinajstić information content (AvgIpc) is 2.21. The summed E-state index contributed by atoms with van der Waals surface area (Å²) in [5, 5.41) is 4.67. The van der Waals surface area contributed by atoms with E-state index in [1.54, 1.807) is 0 Å². The Morgan fingerprint density at radius 1 is 1.29 bits per heavy atom. The fourth-order valence-corrected chi connectivity index (χ4v) is 3.52. The fraction of sp³-hybridized carbons (Fsp3) is 0.455. The number of anilines is 2. The molecular weight excluding hydrogens is 191 g/mol. The molecule has 0 radical (unpaired) electrons. The lowest BCUT2D eigenvalue weighted by Crippen LogP contribution is -2.11. The lowest BCUT2D eigenvalue weighted by molar-refractivity contribution is 1.42. The number of nitrogens with two attached hydrogens (primary N) is 1. The summed E-state index contributed by atoms with van der Waals surface area (Å²) in [6.07, 6.45) is 2.48. The molecule has 0 fully saturated rings. The Hall–Kier alpha value is -0.750. The summed E-state index contributed by atoms with van der Waals surface area (Å²) < 4.78 is 0. The molecular formula is C11H19N2P. The smallest absolute Gasteiger partial charge is 0.0436 e. The molecule has 0 heterocycles. The minimum absolute atomic E-state index is 0.00840. The van der Waals surface area contributed by atoms with E-state index in [4.69, 9.17) is 5.73 Å². The summed E-state index contributed by atoms with van der Waals surface area (Å²) in [5.41, 5.74) is 7.78. The lowest BCUT2D eigenvalue weighted by Gasteiger charge is -2.18. The maximum atomic E-state index is 5.75. The SMILES string of the molecule is CCP(CC)c1ccc(N)cc1NC. The second-order valence-corrected chi connectivity index (χ2v) is 6.03. The molecule has 78 valence electrons. The summed E-state index contributed by atoms with van der Waals surface area (Å²) in [6, 6.07) is 6.19. The molecule has 14 heavy (non-hydrogen) atoms. The first-order valence-corrected chi connectivity index (χ1v) is 6.76. The largest absolute Gasteiger partial charge is 0.399 e. The highest BCUT2D eigenvalue weighted by Crippen LogP contribution is 2.36. The zero-order valence-corrected chi connectivity index (χ0v) is 10.1. The van der Waals surface area contributed by atoms with Crippen LogP contribution >= 0.6 is 7.92 Å². The number of nitrogen functional groups attached to an aromatic ring is 1. The Labute approximate surface area is 87.6 Å². The van der Waals surface area contributed by atoms with Crippen LogP contribution in [-0.4, -0.2) is 19.4 Å². The van der Waals surface area contributed by atoms with E-state index in [2.05, 4.69) is 25.2 Å². The van der Waals surface area contributed by atoms with Gasteiger partial charge in [0.25, 0.3) is 0 Å². The van der Waals surface area contributed by atoms with E-state index in [0.29, 0.717) is 0 Å². The molecule has 0 aliphatic rings. The summed E-state index contributed by atoms with van der Waals surface area (Å²) in [5.74, 6) is 0. The highest BCUT2D eigenvalue weighted by atomic mass is 31.1. The molecule has 0 amide bonds. The summed E-state index contributed by atoms with van der Waals surface area (Å²) >= 11 is 0. The summed E-state index contributed by atoms with van der Waals surface area (Å²) in [6.45, 7) is 4.51. The molecule has 0 saturated carbocycles. The fourth-order valence-electron chi connectivity index (χ4n) is 1.59. The molecule has 0 aromatic heterocycles. The van der Waals surface area contributed by atoms with Gasteiger partial charge in [-0.15, -0.1) is 0 Å². The minimum atomic E-state index is -0.00840. The predicted octanol–water partition coefficient (Wildman–Crippen LogP) is 2.46. The average molecular weight is 210 g/mol. The Bertz CT molecular complexity index is 295. The Morgan fingerprint density at radius 3 is 2.43 bits per heavy atom. The third kappa shape index (κ3) is 2.39. The maximum Gasteiger partial charge on any atom is 0.0436 e. The monoisotopic (exact) mass is 210 g/mol. The lowest BCUT2D eigenvalue weighted by atomic mass is 10.3. The molecule has 0 spiro atoms. The van der Waals surface area contributed by atoms with Gasteiger partial charge in [0.1, 0.15) is 0 Å². The van der Waals surface area contributed by atoms with Crippen LogP contribution in [0.5, 0.6) is 0 Å². The van der Waals surface area contributed by atoms with E-state index in [1.165, 1.54) is 23.3 Å². The van der Waals surface area contributed by atoms with Crippen molar-refractivity contribution in [3.05, 3.63) is 18.2 Å². The molecule has 1 aromatic rings. The van der Waals surface area contributed by atoms with E-state index in [0.717, 1.165) is 5.69 Å². The Morgan fingerprint density at radius 2 is 1.93 bits per heavy atom. The van der Waals surface area contributed by atoms with Crippen LogP contribution in [0.25, 0.3) is 0 Å². The van der Waals surface area contributed by atoms with Crippen molar-refractivity contribution >= 4 is 24.6 Å². The summed E-state index contributed by atoms with van der Waals surface area (Å²) in [7, 11) is 1.95. The second-order valence-electron chi connectivity index (χ2n) is 3.20. The number of hydrogen-bond acceptors (Lipinski definition) is 2. The van der Waals surface area contributed by atoms with Crippen LogP contribution in [0.4, 0.5) is 11.4 Å². The van der Waals surface area contributed by atoms with Crippen LogP contribution < -0.4 is 16.4 Å². The third-order valence-corrected chi connectivity index (χ3v) is 4.99. The number of benzene rings is 1. The van der Waals surface area contributed by atoms with E-state index < -0.39 is 0 Å². The van der Waals surface area contributed by atoms with Crippen LogP contribution in [0.2, 0.25) is 0 Å². The van der Waals surface area contributed by atoms with Gasteiger partial charge in [0.2, 0.25) is 0 Å². The van der Waals surface area contributed by atoms with Crippen LogP contribution in [0.3, 0.4) is 0 Å². The van der Waals surface area contributed by atoms with Crippen molar-refractivity contribution < 1.29 is 0 Å². The van der Waals surface area contributed by atoms with Gasteiger partial charge in [-0.1, -0.05) is 27.8 Å². The van der Waals surface area contributed by atoms with Gasteiger partial charge in [-0.3, -0.25) is 0 Å². The third-order valence-electron chi connectivity index (χ3n) is 2.39. The van der Waals surface area contributed by atoms with Crippen molar-refractivity contribution in [1.82, 2.24) is 0 Å². The zero-order chi connectivity index (χ0) is 10.6. The first-order chi connectivity index (χ1) is 6.72. The standard InChI is InChI=1S/C11H19N2P/c1-4-14(5-2)11-7-6-9(12)8-10(11)13-3/h6-8,13H,4-5,12H2,1-3H3. The molecule has 0 atom stereocenters. The number of rotatable bonds is 4. The molecule has 3 heteroatoms. The van der Waals surface area contributed by atoms with Gasteiger partial charge in [0.05, 0.1) is 0 Å². The second kappa shape index (κ2) is 5.21. The number of nitrogens with one attached hydrogen (secondary N) is 1. The highest BCUT2D eigenvalue weighted by molar-refractivity contribution is 7.65. The van der Waals surface area contributed by atoms with Crippen molar-refractivity contribution in [2.75, 3.05) is 30.4 Å². The highest BCUT2D eigenvalue weighted by Gasteiger charge is 2.10. The summed E-state index contributed by atoms with van der Waals surface area (Å²) in [4.78, 5) is 0. The quantitative estimate of drug-likeness (QED) is 0.591. The topological polar surface area (TPSA) is 38.0 Å². The van der Waals surface area contributed by atoms with E-state index in [-0.39, 0.29) is 7.92 Å². The molecule has 0 bridgehead atoms. The van der Waals surface area contributed by atoms with Crippen molar-refractivity contribution in [3.8, 4) is 0 Å². The predicted molar refractivity (Wildman–Crippen MR) is 68.0 cm³/mol. The first-order valence-electron chi connectivity index (χ1n) is 5.05. The minimum Gasteiger partial charge on any atom is -0.399 e. The molecule has 2 nitrogen and oxygen atoms in total. The van der Waals surface area contributed by atoms with Gasteiger partial charge >= 0.3 is 0 Å². The van der Waals surface area contributed by atoms with Crippen molar-refractivity contribution in [3.63, 3.8) is 0 Å². The zero-order valence-electron chi connectivity index (χ0n) is 9.17. The van der Waals surface area contributed by atoms with Gasteiger partial charge in [-0.05, 0) is 29.8 Å². The Kier molecular flexibility index (Phi) is 4.21.